The highest BCUT2D eigenvalue weighted by molar-refractivity contribution is 6.30. The van der Waals surface area contributed by atoms with Crippen molar-refractivity contribution in [1.29, 1.82) is 0 Å². The Kier molecular flexibility index (Phi) is 5.33. The highest BCUT2D eigenvalue weighted by Crippen LogP contribution is 2.17. The SMILES string of the molecule is O=C(NCCOc1ccc(Cl)cc1)NC1CCCC1. The Morgan fingerprint density at radius 2 is 1.95 bits per heavy atom. The van der Waals surface area contributed by atoms with Crippen molar-refractivity contribution in [2.24, 2.45) is 0 Å². The summed E-state index contributed by atoms with van der Waals surface area (Å²) in [6, 6.07) is 7.40. The van der Waals surface area contributed by atoms with Gasteiger partial charge in [0.15, 0.2) is 0 Å². The van der Waals surface area contributed by atoms with Gasteiger partial charge in [-0.1, -0.05) is 24.4 Å². The molecule has 1 aromatic rings. The summed E-state index contributed by atoms with van der Waals surface area (Å²) in [5, 5.41) is 6.43. The van der Waals surface area contributed by atoms with Crippen LogP contribution in [0.25, 0.3) is 0 Å². The molecular weight excluding hydrogens is 264 g/mol. The van der Waals surface area contributed by atoms with Crippen molar-refractivity contribution in [3.63, 3.8) is 0 Å². The van der Waals surface area contributed by atoms with Gasteiger partial charge in [0.25, 0.3) is 0 Å². The maximum atomic E-state index is 11.6. The Hall–Kier alpha value is -1.42. The van der Waals surface area contributed by atoms with Crippen LogP contribution in [0.5, 0.6) is 5.75 Å². The number of hydrogen-bond acceptors (Lipinski definition) is 2. The van der Waals surface area contributed by atoms with E-state index in [9.17, 15) is 4.79 Å². The van der Waals surface area contributed by atoms with Crippen LogP contribution in [0.1, 0.15) is 25.7 Å². The summed E-state index contributed by atoms with van der Waals surface area (Å²) in [6.45, 7) is 0.931. The van der Waals surface area contributed by atoms with Crippen molar-refractivity contribution in [2.45, 2.75) is 31.7 Å². The molecule has 1 aliphatic carbocycles. The number of rotatable bonds is 5. The minimum absolute atomic E-state index is 0.105. The summed E-state index contributed by atoms with van der Waals surface area (Å²) in [7, 11) is 0. The van der Waals surface area contributed by atoms with Crippen molar-refractivity contribution >= 4 is 17.6 Å². The fourth-order valence-electron chi connectivity index (χ4n) is 2.17. The van der Waals surface area contributed by atoms with Crippen molar-refractivity contribution in [3.8, 4) is 5.75 Å². The minimum Gasteiger partial charge on any atom is -0.492 e. The van der Waals surface area contributed by atoms with Crippen LogP contribution >= 0.6 is 11.6 Å². The van der Waals surface area contributed by atoms with Crippen molar-refractivity contribution in [3.05, 3.63) is 29.3 Å². The number of nitrogens with one attached hydrogen (secondary N) is 2. The molecule has 0 atom stereocenters. The maximum absolute atomic E-state index is 11.6. The molecule has 1 aliphatic rings. The average molecular weight is 283 g/mol. The summed E-state index contributed by atoms with van der Waals surface area (Å²) in [5.74, 6) is 0.752. The number of benzene rings is 1. The molecule has 2 amide bonds. The van der Waals surface area contributed by atoms with Gasteiger partial charge in [-0.3, -0.25) is 0 Å². The molecular formula is C14H19ClN2O2. The van der Waals surface area contributed by atoms with E-state index in [1.165, 1.54) is 12.8 Å². The third-order valence-electron chi connectivity index (χ3n) is 3.16. The Balaban J connectivity index is 1.58. The number of ether oxygens (including phenoxy) is 1. The van der Waals surface area contributed by atoms with Crippen molar-refractivity contribution in [2.75, 3.05) is 13.2 Å². The van der Waals surface area contributed by atoms with E-state index < -0.39 is 0 Å². The molecule has 0 heterocycles. The van der Waals surface area contributed by atoms with Crippen LogP contribution in [0.4, 0.5) is 4.79 Å². The fraction of sp³-hybridized carbons (Fsp3) is 0.500. The van der Waals surface area contributed by atoms with Gasteiger partial charge in [-0.25, -0.2) is 4.79 Å². The zero-order valence-electron chi connectivity index (χ0n) is 10.8. The zero-order chi connectivity index (χ0) is 13.5. The lowest BCUT2D eigenvalue weighted by molar-refractivity contribution is 0.233. The second-order valence-electron chi connectivity index (χ2n) is 4.68. The summed E-state index contributed by atoms with van der Waals surface area (Å²) in [5.41, 5.74) is 0. The Morgan fingerprint density at radius 3 is 2.63 bits per heavy atom. The Morgan fingerprint density at radius 1 is 1.26 bits per heavy atom. The van der Waals surface area contributed by atoms with E-state index >= 15 is 0 Å². The average Bonchev–Trinajstić information content (AvgIpc) is 2.89. The van der Waals surface area contributed by atoms with E-state index in [0.717, 1.165) is 18.6 Å². The molecule has 0 spiro atoms. The van der Waals surface area contributed by atoms with Crippen LogP contribution in [-0.4, -0.2) is 25.2 Å². The molecule has 19 heavy (non-hydrogen) atoms. The minimum atomic E-state index is -0.105. The van der Waals surface area contributed by atoms with Gasteiger partial charge in [0.2, 0.25) is 0 Å². The van der Waals surface area contributed by atoms with Crippen LogP contribution in [0.15, 0.2) is 24.3 Å². The van der Waals surface area contributed by atoms with E-state index in [4.69, 9.17) is 16.3 Å². The van der Waals surface area contributed by atoms with Gasteiger partial charge in [0, 0.05) is 11.1 Å². The quantitative estimate of drug-likeness (QED) is 0.816. The van der Waals surface area contributed by atoms with Gasteiger partial charge in [-0.15, -0.1) is 0 Å². The van der Waals surface area contributed by atoms with Gasteiger partial charge in [0.05, 0.1) is 6.54 Å². The second kappa shape index (κ2) is 7.24. The Labute approximate surface area is 118 Å². The standard InChI is InChI=1S/C14H19ClN2O2/c15-11-5-7-13(8-6-11)19-10-9-16-14(18)17-12-3-1-2-4-12/h5-8,12H,1-4,9-10H2,(H2,16,17,18). The fourth-order valence-corrected chi connectivity index (χ4v) is 2.30. The predicted molar refractivity (Wildman–Crippen MR) is 75.7 cm³/mol. The molecule has 2 rings (SSSR count). The smallest absolute Gasteiger partial charge is 0.315 e. The molecule has 104 valence electrons. The number of halogens is 1. The predicted octanol–water partition coefficient (Wildman–Crippen LogP) is 2.96. The van der Waals surface area contributed by atoms with E-state index in [1.807, 2.05) is 0 Å². The zero-order valence-corrected chi connectivity index (χ0v) is 11.6. The van der Waals surface area contributed by atoms with Gasteiger partial charge in [-0.05, 0) is 37.1 Å². The van der Waals surface area contributed by atoms with Crippen molar-refractivity contribution in [1.82, 2.24) is 10.6 Å². The van der Waals surface area contributed by atoms with Gasteiger partial charge in [-0.2, -0.15) is 0 Å². The lowest BCUT2D eigenvalue weighted by Crippen LogP contribution is -2.42. The van der Waals surface area contributed by atoms with Gasteiger partial charge < -0.3 is 15.4 Å². The molecule has 5 heteroatoms. The molecule has 1 aromatic carbocycles. The first-order valence-electron chi connectivity index (χ1n) is 6.67. The molecule has 1 fully saturated rings. The molecule has 4 nitrogen and oxygen atoms in total. The molecule has 0 unspecified atom stereocenters. The summed E-state index contributed by atoms with van der Waals surface area (Å²) < 4.78 is 5.48. The summed E-state index contributed by atoms with van der Waals surface area (Å²) in [6.07, 6.45) is 4.61. The van der Waals surface area contributed by atoms with Crippen LogP contribution in [0.3, 0.4) is 0 Å². The first kappa shape index (κ1) is 14.0. The van der Waals surface area contributed by atoms with E-state index in [1.54, 1.807) is 24.3 Å². The molecule has 0 saturated heterocycles. The number of carbonyl (C=O) groups excluding carboxylic acids is 1. The first-order valence-corrected chi connectivity index (χ1v) is 7.04. The van der Waals surface area contributed by atoms with Crippen LogP contribution in [-0.2, 0) is 0 Å². The number of urea groups is 1. The third kappa shape index (κ3) is 4.99. The molecule has 0 bridgehead atoms. The third-order valence-corrected chi connectivity index (χ3v) is 3.41. The van der Waals surface area contributed by atoms with Crippen LogP contribution < -0.4 is 15.4 Å². The monoisotopic (exact) mass is 282 g/mol. The van der Waals surface area contributed by atoms with Gasteiger partial charge in [0.1, 0.15) is 12.4 Å². The van der Waals surface area contributed by atoms with Crippen LogP contribution in [0.2, 0.25) is 5.02 Å². The van der Waals surface area contributed by atoms with E-state index in [2.05, 4.69) is 10.6 Å². The molecule has 0 aliphatic heterocycles. The summed E-state index contributed by atoms with van der Waals surface area (Å²) in [4.78, 5) is 11.6. The number of carbonyl (C=O) groups is 1. The molecule has 1 saturated carbocycles. The summed E-state index contributed by atoms with van der Waals surface area (Å²) >= 11 is 5.77. The molecule has 0 radical (unpaired) electrons. The van der Waals surface area contributed by atoms with Crippen molar-refractivity contribution < 1.29 is 9.53 Å². The number of amides is 2. The molecule has 2 N–H and O–H groups in total. The van der Waals surface area contributed by atoms with Gasteiger partial charge >= 0.3 is 6.03 Å². The normalized spacial score (nSPS) is 15.2. The topological polar surface area (TPSA) is 50.4 Å². The van der Waals surface area contributed by atoms with Crippen LogP contribution in [0, 0.1) is 0 Å². The maximum Gasteiger partial charge on any atom is 0.315 e. The highest BCUT2D eigenvalue weighted by atomic mass is 35.5. The first-order chi connectivity index (χ1) is 9.24. The largest absolute Gasteiger partial charge is 0.492 e. The lowest BCUT2D eigenvalue weighted by Gasteiger charge is -2.13. The number of hydrogen-bond donors (Lipinski definition) is 2. The second-order valence-corrected chi connectivity index (χ2v) is 5.12. The highest BCUT2D eigenvalue weighted by Gasteiger charge is 2.16. The Bertz CT molecular complexity index is 402. The molecule has 0 aromatic heterocycles. The lowest BCUT2D eigenvalue weighted by atomic mass is 10.3. The van der Waals surface area contributed by atoms with E-state index in [0.29, 0.717) is 24.2 Å². The van der Waals surface area contributed by atoms with E-state index in [-0.39, 0.29) is 6.03 Å².